The second-order valence-corrected chi connectivity index (χ2v) is 7.82. The molecule has 0 heterocycles. The number of hydrogen-bond donors (Lipinski definition) is 2. The van der Waals surface area contributed by atoms with Crippen LogP contribution in [-0.4, -0.2) is 23.6 Å². The van der Waals surface area contributed by atoms with Gasteiger partial charge in [-0.1, -0.05) is 51.1 Å². The van der Waals surface area contributed by atoms with Gasteiger partial charge in [-0.2, -0.15) is 0 Å². The minimum Gasteiger partial charge on any atom is -0.368 e. The Kier molecular flexibility index (Phi) is 7.81. The van der Waals surface area contributed by atoms with E-state index in [0.717, 1.165) is 12.0 Å². The average molecular weight is 346 g/mol. The molecule has 1 rings (SSSR count). The van der Waals surface area contributed by atoms with Crippen molar-refractivity contribution in [2.75, 3.05) is 0 Å². The summed E-state index contributed by atoms with van der Waals surface area (Å²) in [4.78, 5) is 36.1. The minimum atomic E-state index is -0.754. The van der Waals surface area contributed by atoms with E-state index in [4.69, 9.17) is 5.73 Å². The van der Waals surface area contributed by atoms with E-state index in [9.17, 15) is 14.4 Å². The van der Waals surface area contributed by atoms with Crippen molar-refractivity contribution in [2.45, 2.75) is 59.4 Å². The van der Waals surface area contributed by atoms with Crippen molar-refractivity contribution in [3.8, 4) is 0 Å². The molecule has 0 aliphatic heterocycles. The number of rotatable bonds is 9. The highest BCUT2D eigenvalue weighted by atomic mass is 16.2. The highest BCUT2D eigenvalue weighted by Crippen LogP contribution is 2.22. The molecule has 1 aromatic carbocycles. The Morgan fingerprint density at radius 1 is 1.12 bits per heavy atom. The third-order valence-electron chi connectivity index (χ3n) is 4.11. The molecule has 0 bridgehead atoms. The van der Waals surface area contributed by atoms with Gasteiger partial charge in [-0.05, 0) is 30.7 Å². The second kappa shape index (κ2) is 9.35. The maximum absolute atomic E-state index is 12.5. The Balaban J connectivity index is 2.78. The first-order valence-electron chi connectivity index (χ1n) is 8.74. The van der Waals surface area contributed by atoms with Crippen molar-refractivity contribution in [2.24, 2.45) is 17.1 Å². The SMILES string of the molecule is C[C@H](NC(=O)[C@@H](CC(=O)CCC(C)(C)C)Cc1ccccc1)C(N)=O. The number of primary amides is 1. The molecule has 5 nitrogen and oxygen atoms in total. The molecular formula is C20H30N2O3. The van der Waals surface area contributed by atoms with Crippen LogP contribution in [0.1, 0.15) is 52.5 Å². The maximum Gasteiger partial charge on any atom is 0.239 e. The van der Waals surface area contributed by atoms with Gasteiger partial charge in [-0.15, -0.1) is 0 Å². The van der Waals surface area contributed by atoms with Gasteiger partial charge >= 0.3 is 0 Å². The van der Waals surface area contributed by atoms with Gasteiger partial charge in [0, 0.05) is 18.8 Å². The topological polar surface area (TPSA) is 89.3 Å². The summed E-state index contributed by atoms with van der Waals surface area (Å²) in [5, 5.41) is 2.61. The van der Waals surface area contributed by atoms with Crippen molar-refractivity contribution < 1.29 is 14.4 Å². The summed E-state index contributed by atoms with van der Waals surface area (Å²) < 4.78 is 0. The van der Waals surface area contributed by atoms with Crippen molar-refractivity contribution in [1.29, 1.82) is 0 Å². The molecule has 0 spiro atoms. The van der Waals surface area contributed by atoms with Crippen LogP contribution < -0.4 is 11.1 Å². The van der Waals surface area contributed by atoms with Crippen LogP contribution in [0.4, 0.5) is 0 Å². The number of Topliss-reactive ketones (excluding diaryl/α,β-unsaturated/α-hetero) is 1. The zero-order chi connectivity index (χ0) is 19.0. The first-order valence-corrected chi connectivity index (χ1v) is 8.74. The molecule has 0 aliphatic carbocycles. The number of ketones is 1. The summed E-state index contributed by atoms with van der Waals surface area (Å²) >= 11 is 0. The molecule has 0 unspecified atom stereocenters. The molecule has 0 fully saturated rings. The molecule has 2 amide bonds. The fourth-order valence-corrected chi connectivity index (χ4v) is 2.45. The fourth-order valence-electron chi connectivity index (χ4n) is 2.45. The van der Waals surface area contributed by atoms with Crippen LogP contribution in [-0.2, 0) is 20.8 Å². The summed E-state index contributed by atoms with van der Waals surface area (Å²) in [7, 11) is 0. The summed E-state index contributed by atoms with van der Waals surface area (Å²) in [5.74, 6) is -1.33. The van der Waals surface area contributed by atoms with Gasteiger partial charge < -0.3 is 11.1 Å². The monoisotopic (exact) mass is 346 g/mol. The van der Waals surface area contributed by atoms with Crippen LogP contribution >= 0.6 is 0 Å². The molecule has 0 saturated heterocycles. The predicted molar refractivity (Wildman–Crippen MR) is 98.7 cm³/mol. The number of hydrogen-bond acceptors (Lipinski definition) is 3. The summed E-state index contributed by atoms with van der Waals surface area (Å²) in [6, 6.07) is 8.81. The highest BCUT2D eigenvalue weighted by Gasteiger charge is 2.25. The molecule has 0 aromatic heterocycles. The van der Waals surface area contributed by atoms with E-state index in [2.05, 4.69) is 26.1 Å². The van der Waals surface area contributed by atoms with E-state index in [0.29, 0.717) is 12.8 Å². The fraction of sp³-hybridized carbons (Fsp3) is 0.550. The zero-order valence-corrected chi connectivity index (χ0v) is 15.7. The van der Waals surface area contributed by atoms with Crippen LogP contribution in [0, 0.1) is 11.3 Å². The summed E-state index contributed by atoms with van der Waals surface area (Å²) in [6.07, 6.45) is 1.86. The largest absolute Gasteiger partial charge is 0.368 e. The van der Waals surface area contributed by atoms with E-state index in [1.54, 1.807) is 6.92 Å². The first kappa shape index (κ1) is 20.9. The lowest BCUT2D eigenvalue weighted by atomic mass is 9.86. The molecule has 138 valence electrons. The van der Waals surface area contributed by atoms with E-state index in [1.165, 1.54) is 0 Å². The molecular weight excluding hydrogens is 316 g/mol. The van der Waals surface area contributed by atoms with E-state index >= 15 is 0 Å². The first-order chi connectivity index (χ1) is 11.6. The number of carbonyl (C=O) groups is 3. The van der Waals surface area contributed by atoms with Crippen LogP contribution in [0.3, 0.4) is 0 Å². The van der Waals surface area contributed by atoms with E-state index < -0.39 is 17.9 Å². The van der Waals surface area contributed by atoms with Crippen molar-refractivity contribution in [3.05, 3.63) is 35.9 Å². The molecule has 0 saturated carbocycles. The summed E-state index contributed by atoms with van der Waals surface area (Å²) in [6.45, 7) is 7.80. The smallest absolute Gasteiger partial charge is 0.239 e. The third-order valence-corrected chi connectivity index (χ3v) is 4.11. The average Bonchev–Trinajstić information content (AvgIpc) is 2.52. The van der Waals surface area contributed by atoms with Gasteiger partial charge in [0.05, 0.1) is 0 Å². The lowest BCUT2D eigenvalue weighted by Crippen LogP contribution is -2.45. The van der Waals surface area contributed by atoms with Gasteiger partial charge in [0.2, 0.25) is 11.8 Å². The third kappa shape index (κ3) is 8.47. The lowest BCUT2D eigenvalue weighted by Gasteiger charge is -2.20. The predicted octanol–water partition coefficient (Wildman–Crippen LogP) is 2.62. The van der Waals surface area contributed by atoms with Gasteiger partial charge in [-0.25, -0.2) is 0 Å². The number of nitrogens with two attached hydrogens (primary N) is 1. The van der Waals surface area contributed by atoms with E-state index in [-0.39, 0.29) is 23.5 Å². The Labute approximate surface area is 150 Å². The number of benzene rings is 1. The molecule has 0 radical (unpaired) electrons. The lowest BCUT2D eigenvalue weighted by molar-refractivity contribution is -0.132. The number of nitrogens with one attached hydrogen (secondary N) is 1. The highest BCUT2D eigenvalue weighted by molar-refractivity contribution is 5.90. The van der Waals surface area contributed by atoms with Gasteiger partial charge in [-0.3, -0.25) is 14.4 Å². The molecule has 2 atom stereocenters. The Morgan fingerprint density at radius 2 is 1.72 bits per heavy atom. The Bertz CT molecular complexity index is 591. The van der Waals surface area contributed by atoms with E-state index in [1.807, 2.05) is 30.3 Å². The zero-order valence-electron chi connectivity index (χ0n) is 15.7. The Hall–Kier alpha value is -2.17. The molecule has 0 aliphatic rings. The van der Waals surface area contributed by atoms with Gasteiger partial charge in [0.25, 0.3) is 0 Å². The Morgan fingerprint density at radius 3 is 2.24 bits per heavy atom. The second-order valence-electron chi connectivity index (χ2n) is 7.82. The summed E-state index contributed by atoms with van der Waals surface area (Å²) in [5.41, 5.74) is 6.27. The van der Waals surface area contributed by atoms with Crippen LogP contribution in [0.2, 0.25) is 0 Å². The maximum atomic E-state index is 12.5. The van der Waals surface area contributed by atoms with Gasteiger partial charge in [0.15, 0.2) is 0 Å². The number of carbonyl (C=O) groups excluding carboxylic acids is 3. The molecule has 5 heteroatoms. The molecule has 3 N–H and O–H groups in total. The van der Waals surface area contributed by atoms with Crippen LogP contribution in [0.5, 0.6) is 0 Å². The molecule has 25 heavy (non-hydrogen) atoms. The van der Waals surface area contributed by atoms with Crippen molar-refractivity contribution in [3.63, 3.8) is 0 Å². The van der Waals surface area contributed by atoms with Crippen molar-refractivity contribution in [1.82, 2.24) is 5.32 Å². The van der Waals surface area contributed by atoms with Gasteiger partial charge in [0.1, 0.15) is 11.8 Å². The van der Waals surface area contributed by atoms with Crippen LogP contribution in [0.15, 0.2) is 30.3 Å². The number of amides is 2. The standard InChI is InChI=1S/C20H30N2O3/c1-14(18(21)24)22-19(25)16(12-15-8-6-5-7-9-15)13-17(23)10-11-20(2,3)4/h5-9,14,16H,10-13H2,1-4H3,(H2,21,24)(H,22,25)/t14-,16+/m0/s1. The van der Waals surface area contributed by atoms with Crippen LogP contribution in [0.25, 0.3) is 0 Å². The molecule has 1 aromatic rings. The normalized spacial score (nSPS) is 13.8. The minimum absolute atomic E-state index is 0.0673. The quantitative estimate of drug-likeness (QED) is 0.720. The van der Waals surface area contributed by atoms with Crippen molar-refractivity contribution >= 4 is 17.6 Å².